The van der Waals surface area contributed by atoms with Crippen molar-refractivity contribution in [2.45, 2.75) is 6.42 Å². The maximum absolute atomic E-state index is 10.6. The molecule has 3 nitrogen and oxygen atoms in total. The first-order valence-electron chi connectivity index (χ1n) is 5.42. The van der Waals surface area contributed by atoms with Gasteiger partial charge in [-0.25, -0.2) is 0 Å². The molecule has 0 radical (unpaired) electrons. The highest BCUT2D eigenvalue weighted by molar-refractivity contribution is 6.31. The summed E-state index contributed by atoms with van der Waals surface area (Å²) < 4.78 is 0. The van der Waals surface area contributed by atoms with E-state index in [1.54, 1.807) is 12.1 Å². The Morgan fingerprint density at radius 2 is 1.89 bits per heavy atom. The van der Waals surface area contributed by atoms with Gasteiger partial charge in [-0.05, 0) is 34.9 Å². The van der Waals surface area contributed by atoms with Gasteiger partial charge >= 0.3 is 5.97 Å². The summed E-state index contributed by atoms with van der Waals surface area (Å²) in [5, 5.41) is 9.19. The van der Waals surface area contributed by atoms with E-state index in [2.05, 4.69) is 0 Å². The number of benzene rings is 2. The van der Waals surface area contributed by atoms with Crippen molar-refractivity contribution >= 4 is 23.3 Å². The summed E-state index contributed by atoms with van der Waals surface area (Å²) in [4.78, 5) is 10.6. The molecular formula is C14H12ClNO2. The maximum Gasteiger partial charge on any atom is 0.307 e. The Labute approximate surface area is 110 Å². The first kappa shape index (κ1) is 12.5. The summed E-state index contributed by atoms with van der Waals surface area (Å²) in [5.41, 5.74) is 8.88. The summed E-state index contributed by atoms with van der Waals surface area (Å²) in [7, 11) is 0. The van der Waals surface area contributed by atoms with Crippen LogP contribution in [-0.2, 0) is 11.2 Å². The molecule has 0 bridgehead atoms. The van der Waals surface area contributed by atoms with E-state index in [4.69, 9.17) is 22.4 Å². The van der Waals surface area contributed by atoms with E-state index < -0.39 is 5.97 Å². The average molecular weight is 262 g/mol. The zero-order chi connectivity index (χ0) is 13.1. The Morgan fingerprint density at radius 3 is 2.50 bits per heavy atom. The maximum atomic E-state index is 10.6. The Kier molecular flexibility index (Phi) is 3.53. The van der Waals surface area contributed by atoms with Crippen molar-refractivity contribution in [2.24, 2.45) is 0 Å². The standard InChI is InChI=1S/C14H12ClNO2/c15-13-7-10(4-5-11(13)8-14(17)18)9-2-1-3-12(16)6-9/h1-7H,8,16H2,(H,17,18). The molecule has 18 heavy (non-hydrogen) atoms. The number of anilines is 1. The normalized spacial score (nSPS) is 10.3. The zero-order valence-electron chi connectivity index (χ0n) is 9.56. The van der Waals surface area contributed by atoms with Crippen LogP contribution in [0.15, 0.2) is 42.5 Å². The van der Waals surface area contributed by atoms with Crippen LogP contribution in [0, 0.1) is 0 Å². The second-order valence-corrected chi connectivity index (χ2v) is 4.41. The predicted molar refractivity (Wildman–Crippen MR) is 72.6 cm³/mol. The van der Waals surface area contributed by atoms with Crippen LogP contribution in [0.2, 0.25) is 5.02 Å². The monoisotopic (exact) mass is 261 g/mol. The van der Waals surface area contributed by atoms with Crippen molar-refractivity contribution in [3.05, 3.63) is 53.1 Å². The number of nitrogens with two attached hydrogens (primary N) is 1. The van der Waals surface area contributed by atoms with Crippen LogP contribution in [0.4, 0.5) is 5.69 Å². The lowest BCUT2D eigenvalue weighted by atomic mass is 10.0. The van der Waals surface area contributed by atoms with E-state index in [0.717, 1.165) is 11.1 Å². The van der Waals surface area contributed by atoms with Gasteiger partial charge in [0.05, 0.1) is 6.42 Å². The summed E-state index contributed by atoms with van der Waals surface area (Å²) >= 11 is 6.07. The number of carbonyl (C=O) groups is 1. The highest BCUT2D eigenvalue weighted by Crippen LogP contribution is 2.27. The zero-order valence-corrected chi connectivity index (χ0v) is 10.3. The van der Waals surface area contributed by atoms with Gasteiger partial charge in [-0.1, -0.05) is 35.9 Å². The van der Waals surface area contributed by atoms with Crippen LogP contribution in [0.5, 0.6) is 0 Å². The molecule has 0 saturated heterocycles. The van der Waals surface area contributed by atoms with Crippen LogP contribution < -0.4 is 5.73 Å². The Balaban J connectivity index is 2.37. The molecule has 0 unspecified atom stereocenters. The van der Waals surface area contributed by atoms with E-state index in [0.29, 0.717) is 16.3 Å². The van der Waals surface area contributed by atoms with Crippen LogP contribution in [0.1, 0.15) is 5.56 Å². The van der Waals surface area contributed by atoms with Crippen molar-refractivity contribution in [3.63, 3.8) is 0 Å². The van der Waals surface area contributed by atoms with Gasteiger partial charge in [0.25, 0.3) is 0 Å². The lowest BCUT2D eigenvalue weighted by Crippen LogP contribution is -2.00. The molecule has 3 N–H and O–H groups in total. The fourth-order valence-electron chi connectivity index (χ4n) is 1.75. The first-order chi connectivity index (χ1) is 8.56. The van der Waals surface area contributed by atoms with Gasteiger partial charge in [0.15, 0.2) is 0 Å². The predicted octanol–water partition coefficient (Wildman–Crippen LogP) is 3.22. The molecule has 2 rings (SSSR count). The van der Waals surface area contributed by atoms with Gasteiger partial charge < -0.3 is 10.8 Å². The third-order valence-corrected chi connectivity index (χ3v) is 2.97. The van der Waals surface area contributed by atoms with Crippen LogP contribution in [-0.4, -0.2) is 11.1 Å². The van der Waals surface area contributed by atoms with Crippen molar-refractivity contribution in [2.75, 3.05) is 5.73 Å². The number of nitrogen functional groups attached to an aromatic ring is 1. The molecule has 0 fully saturated rings. The average Bonchev–Trinajstić information content (AvgIpc) is 2.31. The van der Waals surface area contributed by atoms with Crippen LogP contribution in [0.3, 0.4) is 0 Å². The highest BCUT2D eigenvalue weighted by atomic mass is 35.5. The number of rotatable bonds is 3. The Bertz CT molecular complexity index is 596. The molecule has 0 heterocycles. The molecule has 4 heteroatoms. The van der Waals surface area contributed by atoms with Gasteiger partial charge in [0.2, 0.25) is 0 Å². The number of hydrogen-bond acceptors (Lipinski definition) is 2. The minimum atomic E-state index is -0.895. The van der Waals surface area contributed by atoms with Gasteiger partial charge in [-0.15, -0.1) is 0 Å². The molecule has 0 aromatic heterocycles. The highest BCUT2D eigenvalue weighted by Gasteiger charge is 2.07. The van der Waals surface area contributed by atoms with Gasteiger partial charge in [-0.3, -0.25) is 4.79 Å². The minimum absolute atomic E-state index is 0.0734. The van der Waals surface area contributed by atoms with Crippen molar-refractivity contribution < 1.29 is 9.90 Å². The third-order valence-electron chi connectivity index (χ3n) is 2.61. The third kappa shape index (κ3) is 2.81. The van der Waals surface area contributed by atoms with Gasteiger partial charge in [0, 0.05) is 10.7 Å². The van der Waals surface area contributed by atoms with Crippen molar-refractivity contribution in [3.8, 4) is 11.1 Å². The number of halogens is 1. The van der Waals surface area contributed by atoms with Gasteiger partial charge in [-0.2, -0.15) is 0 Å². The molecule has 0 atom stereocenters. The van der Waals surface area contributed by atoms with Crippen molar-refractivity contribution in [1.82, 2.24) is 0 Å². The number of hydrogen-bond donors (Lipinski definition) is 2. The molecular weight excluding hydrogens is 250 g/mol. The summed E-state index contributed by atoms with van der Waals surface area (Å²) in [6, 6.07) is 12.8. The SMILES string of the molecule is Nc1cccc(-c2ccc(CC(=O)O)c(Cl)c2)c1. The fourth-order valence-corrected chi connectivity index (χ4v) is 2.00. The molecule has 0 amide bonds. The van der Waals surface area contributed by atoms with Crippen molar-refractivity contribution in [1.29, 1.82) is 0 Å². The molecule has 0 aliphatic rings. The van der Waals surface area contributed by atoms with Crippen LogP contribution >= 0.6 is 11.6 Å². The molecule has 0 spiro atoms. The lowest BCUT2D eigenvalue weighted by Gasteiger charge is -2.06. The first-order valence-corrected chi connectivity index (χ1v) is 5.80. The topological polar surface area (TPSA) is 63.3 Å². The molecule has 0 saturated carbocycles. The van der Waals surface area contributed by atoms with Gasteiger partial charge in [0.1, 0.15) is 0 Å². The molecule has 0 aliphatic heterocycles. The smallest absolute Gasteiger partial charge is 0.307 e. The second-order valence-electron chi connectivity index (χ2n) is 4.00. The van der Waals surface area contributed by atoms with E-state index in [9.17, 15) is 4.79 Å². The van der Waals surface area contributed by atoms with E-state index >= 15 is 0 Å². The van der Waals surface area contributed by atoms with E-state index in [1.807, 2.05) is 30.3 Å². The lowest BCUT2D eigenvalue weighted by molar-refractivity contribution is -0.136. The fraction of sp³-hybridized carbons (Fsp3) is 0.0714. The molecule has 2 aromatic carbocycles. The van der Waals surface area contributed by atoms with E-state index in [1.165, 1.54) is 0 Å². The number of carboxylic acids is 1. The summed E-state index contributed by atoms with van der Waals surface area (Å²) in [6.45, 7) is 0. The summed E-state index contributed by atoms with van der Waals surface area (Å²) in [6.07, 6.45) is -0.0734. The summed E-state index contributed by atoms with van der Waals surface area (Å²) in [5.74, 6) is -0.895. The Morgan fingerprint density at radius 1 is 1.17 bits per heavy atom. The Hall–Kier alpha value is -2.00. The second kappa shape index (κ2) is 5.10. The molecule has 2 aromatic rings. The van der Waals surface area contributed by atoms with Crippen LogP contribution in [0.25, 0.3) is 11.1 Å². The molecule has 0 aliphatic carbocycles. The number of carboxylic acid groups (broad SMARTS) is 1. The molecule has 92 valence electrons. The van der Waals surface area contributed by atoms with E-state index in [-0.39, 0.29) is 6.42 Å². The number of aliphatic carboxylic acids is 1. The largest absolute Gasteiger partial charge is 0.481 e. The quantitative estimate of drug-likeness (QED) is 0.834. The minimum Gasteiger partial charge on any atom is -0.481 e.